The largest absolute Gasteiger partial charge is 0.367 e. The minimum Gasteiger partial charge on any atom is -0.367 e. The molecule has 0 unspecified atom stereocenters. The van der Waals surface area contributed by atoms with Crippen LogP contribution in [0.2, 0.25) is 0 Å². The predicted octanol–water partition coefficient (Wildman–Crippen LogP) is 3.72. The average molecular weight is 214 g/mol. The molecule has 84 valence electrons. The van der Waals surface area contributed by atoms with E-state index < -0.39 is 0 Å². The van der Waals surface area contributed by atoms with Gasteiger partial charge in [0, 0.05) is 5.69 Å². The second-order valence-corrected chi connectivity index (χ2v) is 4.60. The van der Waals surface area contributed by atoms with E-state index in [2.05, 4.69) is 11.4 Å². The smallest absolute Gasteiger partial charge is 0.125 e. The molecule has 1 aliphatic rings. The molecular weight excluding hydrogens is 196 g/mol. The van der Waals surface area contributed by atoms with Crippen LogP contribution in [0.15, 0.2) is 30.3 Å². The maximum absolute atomic E-state index is 9.42. The maximum atomic E-state index is 9.42. The Balaban J connectivity index is 2.12. The van der Waals surface area contributed by atoms with Crippen molar-refractivity contribution in [1.82, 2.24) is 0 Å². The van der Waals surface area contributed by atoms with Gasteiger partial charge in [-0.2, -0.15) is 5.26 Å². The van der Waals surface area contributed by atoms with E-state index in [4.69, 9.17) is 0 Å². The van der Waals surface area contributed by atoms with E-state index in [0.29, 0.717) is 0 Å². The minimum atomic E-state index is -0.335. The molecular formula is C14H18N2. The molecule has 0 amide bonds. The first kappa shape index (κ1) is 11.0. The van der Waals surface area contributed by atoms with Crippen LogP contribution >= 0.6 is 0 Å². The van der Waals surface area contributed by atoms with Crippen LogP contribution in [0.3, 0.4) is 0 Å². The van der Waals surface area contributed by atoms with Crippen LogP contribution in [0.5, 0.6) is 0 Å². The first-order valence-corrected chi connectivity index (χ1v) is 6.09. The summed E-state index contributed by atoms with van der Waals surface area (Å²) in [5.74, 6) is 0. The molecule has 1 aromatic rings. The summed E-state index contributed by atoms with van der Waals surface area (Å²) >= 11 is 0. The number of para-hydroxylation sites is 1. The highest BCUT2D eigenvalue weighted by Gasteiger charge is 2.30. The molecule has 0 aliphatic heterocycles. The first-order valence-electron chi connectivity index (χ1n) is 6.09. The third-order valence-corrected chi connectivity index (χ3v) is 3.33. The summed E-state index contributed by atoms with van der Waals surface area (Å²) in [7, 11) is 0. The summed E-state index contributed by atoms with van der Waals surface area (Å²) in [4.78, 5) is 0. The molecule has 16 heavy (non-hydrogen) atoms. The normalized spacial score (nSPS) is 19.4. The van der Waals surface area contributed by atoms with Crippen molar-refractivity contribution in [3.63, 3.8) is 0 Å². The zero-order valence-corrected chi connectivity index (χ0v) is 9.58. The van der Waals surface area contributed by atoms with E-state index in [-0.39, 0.29) is 5.54 Å². The molecule has 1 fully saturated rings. The second kappa shape index (κ2) is 5.03. The molecule has 1 saturated carbocycles. The molecule has 0 bridgehead atoms. The van der Waals surface area contributed by atoms with E-state index in [1.54, 1.807) is 0 Å². The van der Waals surface area contributed by atoms with Gasteiger partial charge in [-0.1, -0.05) is 43.9 Å². The van der Waals surface area contributed by atoms with Gasteiger partial charge in [-0.15, -0.1) is 0 Å². The molecule has 0 heterocycles. The van der Waals surface area contributed by atoms with E-state index in [0.717, 1.165) is 31.4 Å². The van der Waals surface area contributed by atoms with Crippen LogP contribution in [0, 0.1) is 11.3 Å². The number of rotatable bonds is 2. The topological polar surface area (TPSA) is 35.8 Å². The summed E-state index contributed by atoms with van der Waals surface area (Å²) in [6, 6.07) is 12.6. The predicted molar refractivity (Wildman–Crippen MR) is 66.1 cm³/mol. The van der Waals surface area contributed by atoms with Gasteiger partial charge in [-0.05, 0) is 25.0 Å². The summed E-state index contributed by atoms with van der Waals surface area (Å²) in [6.07, 6.45) is 6.79. The molecule has 0 saturated heterocycles. The third-order valence-electron chi connectivity index (χ3n) is 3.33. The second-order valence-electron chi connectivity index (χ2n) is 4.60. The highest BCUT2D eigenvalue weighted by molar-refractivity contribution is 5.47. The quantitative estimate of drug-likeness (QED) is 0.762. The van der Waals surface area contributed by atoms with Crippen LogP contribution in [-0.4, -0.2) is 5.54 Å². The summed E-state index contributed by atoms with van der Waals surface area (Å²) in [5, 5.41) is 12.8. The van der Waals surface area contributed by atoms with Crippen LogP contribution in [0.25, 0.3) is 0 Å². The van der Waals surface area contributed by atoms with Crippen LogP contribution in [0.1, 0.15) is 38.5 Å². The van der Waals surface area contributed by atoms with Crippen molar-refractivity contribution in [3.05, 3.63) is 30.3 Å². The van der Waals surface area contributed by atoms with Gasteiger partial charge in [-0.25, -0.2) is 0 Å². The van der Waals surface area contributed by atoms with Crippen LogP contribution in [-0.2, 0) is 0 Å². The Labute approximate surface area is 97.3 Å². The standard InChI is InChI=1S/C14H18N2/c15-12-14(10-6-1-2-7-11-14)16-13-8-4-3-5-9-13/h3-5,8-9,16H,1-2,6-7,10-11H2. The number of hydrogen-bond acceptors (Lipinski definition) is 2. The molecule has 0 aromatic heterocycles. The lowest BCUT2D eigenvalue weighted by Crippen LogP contribution is -2.35. The monoisotopic (exact) mass is 214 g/mol. The highest BCUT2D eigenvalue weighted by Crippen LogP contribution is 2.30. The Bertz CT molecular complexity index is 356. The van der Waals surface area contributed by atoms with E-state index in [9.17, 15) is 5.26 Å². The van der Waals surface area contributed by atoms with Crippen molar-refractivity contribution in [1.29, 1.82) is 5.26 Å². The Morgan fingerprint density at radius 2 is 1.62 bits per heavy atom. The number of anilines is 1. The van der Waals surface area contributed by atoms with E-state index in [1.807, 2.05) is 30.3 Å². The molecule has 2 rings (SSSR count). The van der Waals surface area contributed by atoms with E-state index >= 15 is 0 Å². The van der Waals surface area contributed by atoms with Crippen molar-refractivity contribution >= 4 is 5.69 Å². The Hall–Kier alpha value is -1.49. The van der Waals surface area contributed by atoms with Gasteiger partial charge in [-0.3, -0.25) is 0 Å². The van der Waals surface area contributed by atoms with Gasteiger partial charge < -0.3 is 5.32 Å². The fraction of sp³-hybridized carbons (Fsp3) is 0.500. The van der Waals surface area contributed by atoms with Gasteiger partial charge in [0.25, 0.3) is 0 Å². The maximum Gasteiger partial charge on any atom is 0.125 e. The lowest BCUT2D eigenvalue weighted by molar-refractivity contribution is 0.510. The number of nitriles is 1. The third kappa shape index (κ3) is 2.55. The molecule has 1 N–H and O–H groups in total. The summed E-state index contributed by atoms with van der Waals surface area (Å²) in [5.41, 5.74) is 0.726. The fourth-order valence-corrected chi connectivity index (χ4v) is 2.39. The fourth-order valence-electron chi connectivity index (χ4n) is 2.39. The molecule has 2 heteroatoms. The number of nitrogens with zero attached hydrogens (tertiary/aromatic N) is 1. The van der Waals surface area contributed by atoms with Gasteiger partial charge in [0.15, 0.2) is 0 Å². The molecule has 1 aliphatic carbocycles. The molecule has 2 nitrogen and oxygen atoms in total. The first-order chi connectivity index (χ1) is 7.85. The van der Waals surface area contributed by atoms with Gasteiger partial charge >= 0.3 is 0 Å². The van der Waals surface area contributed by atoms with Gasteiger partial charge in [0.2, 0.25) is 0 Å². The van der Waals surface area contributed by atoms with Gasteiger partial charge in [0.1, 0.15) is 5.54 Å². The number of hydrogen-bond donors (Lipinski definition) is 1. The Kier molecular flexibility index (Phi) is 3.46. The zero-order chi connectivity index (χ0) is 11.3. The van der Waals surface area contributed by atoms with Crippen molar-refractivity contribution < 1.29 is 0 Å². The van der Waals surface area contributed by atoms with Crippen molar-refractivity contribution in [2.75, 3.05) is 5.32 Å². The van der Waals surface area contributed by atoms with E-state index in [1.165, 1.54) is 12.8 Å². The van der Waals surface area contributed by atoms with Crippen LogP contribution < -0.4 is 5.32 Å². The molecule has 0 radical (unpaired) electrons. The molecule has 0 spiro atoms. The lowest BCUT2D eigenvalue weighted by atomic mass is 9.91. The van der Waals surface area contributed by atoms with Crippen molar-refractivity contribution in [2.45, 2.75) is 44.1 Å². The van der Waals surface area contributed by atoms with Crippen molar-refractivity contribution in [3.8, 4) is 6.07 Å². The average Bonchev–Trinajstić information content (AvgIpc) is 2.57. The zero-order valence-electron chi connectivity index (χ0n) is 9.58. The van der Waals surface area contributed by atoms with Crippen LogP contribution in [0.4, 0.5) is 5.69 Å². The number of nitrogens with one attached hydrogen (secondary N) is 1. The molecule has 0 atom stereocenters. The lowest BCUT2D eigenvalue weighted by Gasteiger charge is -2.27. The molecule has 1 aromatic carbocycles. The Morgan fingerprint density at radius 3 is 2.19 bits per heavy atom. The minimum absolute atomic E-state index is 0.335. The summed E-state index contributed by atoms with van der Waals surface area (Å²) < 4.78 is 0. The summed E-state index contributed by atoms with van der Waals surface area (Å²) in [6.45, 7) is 0. The number of benzene rings is 1. The van der Waals surface area contributed by atoms with Gasteiger partial charge in [0.05, 0.1) is 6.07 Å². The van der Waals surface area contributed by atoms with Crippen molar-refractivity contribution in [2.24, 2.45) is 0 Å². The Morgan fingerprint density at radius 1 is 1.00 bits per heavy atom. The SMILES string of the molecule is N#CC1(Nc2ccccc2)CCCCCC1. The highest BCUT2D eigenvalue weighted by atomic mass is 15.0.